The third kappa shape index (κ3) is 3.14. The molecule has 0 saturated carbocycles. The van der Waals surface area contributed by atoms with Gasteiger partial charge in [-0.1, -0.05) is 133 Å². The van der Waals surface area contributed by atoms with Crippen LogP contribution in [0, 0.1) is 0 Å². The molecule has 0 aliphatic carbocycles. The summed E-state index contributed by atoms with van der Waals surface area (Å²) in [5.41, 5.74) is 4.48. The van der Waals surface area contributed by atoms with Crippen LogP contribution in [0.1, 0.15) is 0 Å². The highest BCUT2D eigenvalue weighted by atomic mass is 31.1. The quantitative estimate of drug-likeness (QED) is 0.179. The molecule has 2 aromatic heterocycles. The zero-order chi connectivity index (χ0) is 25.1. The molecule has 8 rings (SSSR count). The van der Waals surface area contributed by atoms with Gasteiger partial charge in [-0.05, 0) is 35.4 Å². The largest absolute Gasteiger partial charge is 0.291 e. The van der Waals surface area contributed by atoms with Crippen LogP contribution in [0.15, 0.2) is 140 Å². The molecule has 3 heteroatoms. The summed E-state index contributed by atoms with van der Waals surface area (Å²) in [5, 5.41) is 10.1. The standard InChI is InChI=1S/C35H23N2P/c1-3-13-25(14-4-1)38(26-15-5-2-6-16-26)32-21-11-20-31-33(32)36-35-30-19-10-9-18-28(30)29-23-22-24-12-7-8-17-27(24)34(29)37(31)35/h1-23H. The minimum atomic E-state index is -0.779. The summed E-state index contributed by atoms with van der Waals surface area (Å²) in [5.74, 6) is 0. The van der Waals surface area contributed by atoms with Crippen LogP contribution in [0.25, 0.3) is 49.1 Å². The van der Waals surface area contributed by atoms with E-state index in [9.17, 15) is 0 Å². The van der Waals surface area contributed by atoms with Crippen molar-refractivity contribution in [2.24, 2.45) is 0 Å². The van der Waals surface area contributed by atoms with E-state index < -0.39 is 7.92 Å². The van der Waals surface area contributed by atoms with Crippen molar-refractivity contribution in [3.8, 4) is 0 Å². The number of pyridine rings is 1. The third-order valence-corrected chi connectivity index (χ3v) is 9.99. The average molecular weight is 503 g/mol. The topological polar surface area (TPSA) is 17.3 Å². The normalized spacial score (nSPS) is 11.9. The van der Waals surface area contributed by atoms with Crippen LogP contribution in [0.2, 0.25) is 0 Å². The summed E-state index contributed by atoms with van der Waals surface area (Å²) >= 11 is 0. The summed E-state index contributed by atoms with van der Waals surface area (Å²) in [6.45, 7) is 0. The van der Waals surface area contributed by atoms with Gasteiger partial charge >= 0.3 is 0 Å². The lowest BCUT2D eigenvalue weighted by Crippen LogP contribution is -2.21. The van der Waals surface area contributed by atoms with Gasteiger partial charge in [-0.15, -0.1) is 0 Å². The Hall–Kier alpha value is -4.52. The minimum Gasteiger partial charge on any atom is -0.291 e. The Balaban J connectivity index is 1.57. The van der Waals surface area contributed by atoms with Gasteiger partial charge in [0.15, 0.2) is 0 Å². The fourth-order valence-electron chi connectivity index (χ4n) is 5.88. The molecular weight excluding hydrogens is 479 g/mol. The van der Waals surface area contributed by atoms with Gasteiger partial charge in [0.25, 0.3) is 0 Å². The first-order valence-corrected chi connectivity index (χ1v) is 14.3. The molecule has 38 heavy (non-hydrogen) atoms. The van der Waals surface area contributed by atoms with E-state index in [0.717, 1.165) is 16.7 Å². The Labute approximate surface area is 221 Å². The second-order valence-corrected chi connectivity index (χ2v) is 11.8. The molecule has 0 saturated heterocycles. The zero-order valence-electron chi connectivity index (χ0n) is 20.6. The van der Waals surface area contributed by atoms with Crippen LogP contribution in [-0.4, -0.2) is 9.38 Å². The first kappa shape index (κ1) is 21.6. The summed E-state index contributed by atoms with van der Waals surface area (Å²) in [6, 6.07) is 50.4. The molecule has 2 nitrogen and oxygen atoms in total. The monoisotopic (exact) mass is 502 g/mol. The average Bonchev–Trinajstić information content (AvgIpc) is 3.39. The summed E-state index contributed by atoms with van der Waals surface area (Å²) in [7, 11) is -0.779. The number of benzene rings is 6. The Kier molecular flexibility index (Phi) is 4.83. The van der Waals surface area contributed by atoms with Gasteiger partial charge in [-0.2, -0.15) is 0 Å². The maximum atomic E-state index is 5.45. The van der Waals surface area contributed by atoms with E-state index >= 15 is 0 Å². The van der Waals surface area contributed by atoms with Crippen molar-refractivity contribution in [2.75, 3.05) is 0 Å². The van der Waals surface area contributed by atoms with E-state index in [2.05, 4.69) is 144 Å². The molecule has 2 heterocycles. The molecule has 0 radical (unpaired) electrons. The summed E-state index contributed by atoms with van der Waals surface area (Å²) in [6.07, 6.45) is 0. The lowest BCUT2D eigenvalue weighted by molar-refractivity contribution is 1.32. The fraction of sp³-hybridized carbons (Fsp3) is 0. The molecule has 0 aliphatic heterocycles. The lowest BCUT2D eigenvalue weighted by Gasteiger charge is -2.19. The number of rotatable bonds is 3. The van der Waals surface area contributed by atoms with Crippen LogP contribution >= 0.6 is 7.92 Å². The van der Waals surface area contributed by atoms with Crippen LogP contribution in [0.4, 0.5) is 0 Å². The minimum absolute atomic E-state index is 0.779. The van der Waals surface area contributed by atoms with Crippen LogP contribution in [0.3, 0.4) is 0 Å². The van der Waals surface area contributed by atoms with Gasteiger partial charge in [-0.25, -0.2) is 4.98 Å². The first-order valence-electron chi connectivity index (χ1n) is 12.9. The van der Waals surface area contributed by atoms with E-state index in [1.165, 1.54) is 48.4 Å². The number of hydrogen-bond donors (Lipinski definition) is 0. The molecule has 178 valence electrons. The molecule has 6 aromatic carbocycles. The third-order valence-electron chi connectivity index (χ3n) is 7.52. The molecule has 0 atom stereocenters. The molecule has 0 bridgehead atoms. The molecule has 0 spiro atoms. The van der Waals surface area contributed by atoms with E-state index in [4.69, 9.17) is 4.98 Å². The number of nitrogens with zero attached hydrogens (tertiary/aromatic N) is 2. The predicted molar refractivity (Wildman–Crippen MR) is 164 cm³/mol. The van der Waals surface area contributed by atoms with Crippen molar-refractivity contribution in [1.82, 2.24) is 9.38 Å². The van der Waals surface area contributed by atoms with Crippen LogP contribution in [0.5, 0.6) is 0 Å². The molecule has 0 amide bonds. The smallest absolute Gasteiger partial charge is 0.146 e. The second-order valence-electron chi connectivity index (χ2n) is 9.65. The molecule has 0 aliphatic rings. The Morgan fingerprint density at radius 1 is 0.474 bits per heavy atom. The van der Waals surface area contributed by atoms with E-state index in [1.54, 1.807) is 0 Å². The van der Waals surface area contributed by atoms with Crippen molar-refractivity contribution in [3.63, 3.8) is 0 Å². The molecule has 0 fully saturated rings. The Morgan fingerprint density at radius 3 is 1.84 bits per heavy atom. The second kappa shape index (κ2) is 8.52. The van der Waals surface area contributed by atoms with Crippen molar-refractivity contribution in [1.29, 1.82) is 0 Å². The molecular formula is C35H23N2P. The number of para-hydroxylation sites is 1. The maximum Gasteiger partial charge on any atom is 0.146 e. The zero-order valence-corrected chi connectivity index (χ0v) is 21.5. The maximum absolute atomic E-state index is 5.45. The van der Waals surface area contributed by atoms with Gasteiger partial charge in [0.2, 0.25) is 0 Å². The first-order chi connectivity index (χ1) is 18.9. The summed E-state index contributed by atoms with van der Waals surface area (Å²) in [4.78, 5) is 5.45. The van der Waals surface area contributed by atoms with Crippen LogP contribution in [-0.2, 0) is 0 Å². The number of imidazole rings is 1. The predicted octanol–water partition coefficient (Wildman–Crippen LogP) is 7.71. The highest BCUT2D eigenvalue weighted by molar-refractivity contribution is 7.80. The Bertz CT molecular complexity index is 2090. The van der Waals surface area contributed by atoms with E-state index in [1.807, 2.05) is 0 Å². The fourth-order valence-corrected chi connectivity index (χ4v) is 8.29. The Morgan fingerprint density at radius 2 is 1.11 bits per heavy atom. The van der Waals surface area contributed by atoms with Gasteiger partial charge in [0.1, 0.15) is 5.65 Å². The lowest BCUT2D eigenvalue weighted by atomic mass is 10.0. The van der Waals surface area contributed by atoms with Crippen LogP contribution < -0.4 is 15.9 Å². The molecule has 8 aromatic rings. The van der Waals surface area contributed by atoms with E-state index in [0.29, 0.717) is 0 Å². The van der Waals surface area contributed by atoms with Crippen molar-refractivity contribution < 1.29 is 0 Å². The highest BCUT2D eigenvalue weighted by Crippen LogP contribution is 2.39. The molecule has 0 N–H and O–H groups in total. The van der Waals surface area contributed by atoms with Crippen molar-refractivity contribution in [2.45, 2.75) is 0 Å². The number of hydrogen-bond acceptors (Lipinski definition) is 1. The van der Waals surface area contributed by atoms with Gasteiger partial charge in [-0.3, -0.25) is 4.40 Å². The van der Waals surface area contributed by atoms with Gasteiger partial charge < -0.3 is 0 Å². The van der Waals surface area contributed by atoms with Crippen molar-refractivity contribution >= 4 is 73.0 Å². The number of fused-ring (bicyclic) bond motifs is 10. The highest BCUT2D eigenvalue weighted by Gasteiger charge is 2.23. The van der Waals surface area contributed by atoms with E-state index in [-0.39, 0.29) is 0 Å². The van der Waals surface area contributed by atoms with Gasteiger partial charge in [0, 0.05) is 21.5 Å². The van der Waals surface area contributed by atoms with Crippen molar-refractivity contribution in [3.05, 3.63) is 140 Å². The number of aromatic nitrogens is 2. The molecule has 0 unspecified atom stereocenters. The SMILES string of the molecule is c1ccc(P(c2ccccc2)c2cccc3c2nc2c4ccccc4c4ccc5ccccc5c4n32)cc1. The van der Waals surface area contributed by atoms with Gasteiger partial charge in [0.05, 0.1) is 16.6 Å². The summed E-state index contributed by atoms with van der Waals surface area (Å²) < 4.78 is 2.41.